The molecule has 2 aliphatic rings. The molecule has 0 aromatic heterocycles. The van der Waals surface area contributed by atoms with Gasteiger partial charge in [-0.25, -0.2) is 0 Å². The Labute approximate surface area is 213 Å². The molecule has 1 saturated heterocycles. The van der Waals surface area contributed by atoms with Crippen molar-refractivity contribution in [2.75, 3.05) is 26.3 Å². The van der Waals surface area contributed by atoms with Crippen LogP contribution in [0.2, 0.25) is 0 Å². The molecule has 1 fully saturated rings. The minimum atomic E-state index is 0.509. The molecule has 0 amide bonds. The average Bonchev–Trinajstić information content (AvgIpc) is 2.85. The lowest BCUT2D eigenvalue weighted by atomic mass is 9.97. The number of unbranched alkanes of at least 4 members (excludes halogenated alkanes) is 1. The number of likely N-dealkylation sites (tertiary alicyclic amines) is 1. The lowest BCUT2D eigenvalue weighted by Gasteiger charge is -2.31. The largest absolute Gasteiger partial charge is 0.487 e. The molecule has 1 aromatic carbocycles. The third-order valence-electron chi connectivity index (χ3n) is 6.61. The van der Waals surface area contributed by atoms with E-state index in [2.05, 4.69) is 63.2 Å². The van der Waals surface area contributed by atoms with Gasteiger partial charge in [-0.1, -0.05) is 76.7 Å². The topological polar surface area (TPSA) is 38.5 Å². The van der Waals surface area contributed by atoms with Gasteiger partial charge in [0.1, 0.15) is 12.4 Å². The van der Waals surface area contributed by atoms with E-state index < -0.39 is 0 Å². The molecule has 5 heteroatoms. The smallest absolute Gasteiger partial charge is 0.143 e. The zero-order valence-electron chi connectivity index (χ0n) is 21.2. The van der Waals surface area contributed by atoms with E-state index in [1.807, 2.05) is 23.9 Å². The number of nitrogens with zero attached hydrogens (tertiary/aromatic N) is 1. The lowest BCUT2D eigenvalue weighted by Crippen LogP contribution is -2.30. The van der Waals surface area contributed by atoms with E-state index in [0.29, 0.717) is 21.1 Å². The predicted octanol–water partition coefficient (Wildman–Crippen LogP) is 7.65. The van der Waals surface area contributed by atoms with Crippen LogP contribution in [-0.2, 0) is 11.3 Å². The van der Waals surface area contributed by atoms with Crippen LogP contribution in [0.5, 0.6) is 0 Å². The zero-order valence-corrected chi connectivity index (χ0v) is 23.0. The van der Waals surface area contributed by atoms with Crippen LogP contribution in [0, 0.1) is 5.92 Å². The normalized spacial score (nSPS) is 19.1. The molecule has 0 radical (unpaired) electrons. The van der Waals surface area contributed by atoms with Crippen LogP contribution >= 0.6 is 20.3 Å². The van der Waals surface area contributed by atoms with Gasteiger partial charge in [0.25, 0.3) is 0 Å². The summed E-state index contributed by atoms with van der Waals surface area (Å²) in [5.41, 5.74) is 12.3. The molecule has 2 aliphatic heterocycles. The molecular weight excluding hydrogens is 455 g/mol. The Kier molecular flexibility index (Phi) is 10.6. The predicted molar refractivity (Wildman–Crippen MR) is 153 cm³/mol. The molecule has 0 aliphatic carbocycles. The Morgan fingerprint density at radius 1 is 1.32 bits per heavy atom. The van der Waals surface area contributed by atoms with Gasteiger partial charge in [-0.15, -0.1) is 0 Å². The molecular formula is C29H41N2OPS. The molecule has 0 bridgehead atoms. The van der Waals surface area contributed by atoms with E-state index in [1.54, 1.807) is 0 Å². The fourth-order valence-corrected chi connectivity index (χ4v) is 6.64. The maximum atomic E-state index is 6.41. The third kappa shape index (κ3) is 7.63. The lowest BCUT2D eigenvalue weighted by molar-refractivity contribution is 0.209. The molecule has 3 nitrogen and oxygen atoms in total. The molecule has 3 rings (SSSR count). The van der Waals surface area contributed by atoms with Gasteiger partial charge in [0.15, 0.2) is 0 Å². The van der Waals surface area contributed by atoms with Crippen molar-refractivity contribution in [1.29, 1.82) is 0 Å². The first-order valence-electron chi connectivity index (χ1n) is 12.4. The zero-order chi connectivity index (χ0) is 24.5. The Balaban J connectivity index is 1.78. The number of piperidine rings is 1. The maximum absolute atomic E-state index is 6.41. The highest BCUT2D eigenvalue weighted by atomic mass is 32.2. The number of thioether (sulfide) groups is 1. The summed E-state index contributed by atoms with van der Waals surface area (Å²) in [6, 6.07) is 8.29. The van der Waals surface area contributed by atoms with Crippen molar-refractivity contribution in [3.63, 3.8) is 0 Å². The van der Waals surface area contributed by atoms with E-state index in [-0.39, 0.29) is 0 Å². The second kappa shape index (κ2) is 13.4. The van der Waals surface area contributed by atoms with Crippen LogP contribution in [0.3, 0.4) is 0 Å². The molecule has 184 valence electrons. The number of rotatable bonds is 11. The van der Waals surface area contributed by atoms with Gasteiger partial charge in [-0.2, -0.15) is 0 Å². The third-order valence-corrected chi connectivity index (χ3v) is 9.21. The van der Waals surface area contributed by atoms with E-state index in [1.165, 1.54) is 46.6 Å². The molecule has 0 spiro atoms. The highest BCUT2D eigenvalue weighted by Crippen LogP contribution is 2.44. The summed E-state index contributed by atoms with van der Waals surface area (Å²) in [5.74, 6) is 1.42. The number of hydrogen-bond donors (Lipinski definition) is 1. The summed E-state index contributed by atoms with van der Waals surface area (Å²) >= 11 is 1.91. The summed E-state index contributed by atoms with van der Waals surface area (Å²) < 4.78 is 6.25. The van der Waals surface area contributed by atoms with Gasteiger partial charge in [0.05, 0.1) is 5.44 Å². The Morgan fingerprint density at radius 2 is 2.09 bits per heavy atom. The first-order chi connectivity index (χ1) is 16.4. The highest BCUT2D eigenvalue weighted by molar-refractivity contribution is 8.07. The quantitative estimate of drug-likeness (QED) is 0.319. The minimum absolute atomic E-state index is 0.509. The van der Waals surface area contributed by atoms with E-state index in [4.69, 9.17) is 10.5 Å². The van der Waals surface area contributed by atoms with Gasteiger partial charge in [-0.05, 0) is 98.6 Å². The number of ether oxygens (including phenoxy) is 1. The Bertz CT molecular complexity index is 970. The van der Waals surface area contributed by atoms with Gasteiger partial charge in [0, 0.05) is 4.91 Å². The van der Waals surface area contributed by atoms with Crippen LogP contribution in [0.1, 0.15) is 57.1 Å². The Hall–Kier alpha value is -1.74. The summed E-state index contributed by atoms with van der Waals surface area (Å²) in [7, 11) is 2.77. The number of benzene rings is 1. The summed E-state index contributed by atoms with van der Waals surface area (Å²) in [4.78, 5) is 5.13. The second-order valence-electron chi connectivity index (χ2n) is 9.40. The number of allylic oxidation sites excluding steroid dienone is 4. The fourth-order valence-electron chi connectivity index (χ4n) is 4.33. The molecule has 34 heavy (non-hydrogen) atoms. The first kappa shape index (κ1) is 26.9. The van der Waals surface area contributed by atoms with Crippen LogP contribution in [0.15, 0.2) is 75.7 Å². The minimum Gasteiger partial charge on any atom is -0.487 e. The molecule has 1 atom stereocenters. The Morgan fingerprint density at radius 3 is 2.79 bits per heavy atom. The fraction of sp³-hybridized carbons (Fsp3) is 0.448. The molecule has 2 N–H and O–H groups in total. The van der Waals surface area contributed by atoms with Gasteiger partial charge < -0.3 is 15.4 Å². The van der Waals surface area contributed by atoms with Crippen molar-refractivity contribution >= 4 is 26.4 Å². The monoisotopic (exact) mass is 496 g/mol. The average molecular weight is 497 g/mol. The van der Waals surface area contributed by atoms with Crippen LogP contribution < -0.4 is 5.73 Å². The van der Waals surface area contributed by atoms with Crippen molar-refractivity contribution in [3.05, 3.63) is 86.8 Å². The van der Waals surface area contributed by atoms with E-state index in [0.717, 1.165) is 48.0 Å². The van der Waals surface area contributed by atoms with Crippen molar-refractivity contribution < 1.29 is 4.74 Å². The SMILES string of the molecule is C=Cc1cccc(COC2=C(N)PCC(/C(SC(=C)C3CCN(C)CC3)=C(\C)CCCC)=C2)c1. The van der Waals surface area contributed by atoms with Crippen LogP contribution in [0.25, 0.3) is 6.08 Å². The van der Waals surface area contributed by atoms with Crippen molar-refractivity contribution in [2.24, 2.45) is 11.7 Å². The van der Waals surface area contributed by atoms with Gasteiger partial charge in [-0.3, -0.25) is 0 Å². The van der Waals surface area contributed by atoms with E-state index >= 15 is 0 Å². The second-order valence-corrected chi connectivity index (χ2v) is 11.8. The molecule has 1 aromatic rings. The van der Waals surface area contributed by atoms with Gasteiger partial charge >= 0.3 is 0 Å². The summed E-state index contributed by atoms with van der Waals surface area (Å²) in [6.45, 7) is 15.8. The molecule has 2 heterocycles. The van der Waals surface area contributed by atoms with Gasteiger partial charge in [0.2, 0.25) is 0 Å². The molecule has 1 unspecified atom stereocenters. The number of nitrogens with two attached hydrogens (primary N) is 1. The van der Waals surface area contributed by atoms with Crippen LogP contribution in [-0.4, -0.2) is 31.2 Å². The maximum Gasteiger partial charge on any atom is 0.143 e. The number of hydrogen-bond acceptors (Lipinski definition) is 4. The molecule has 0 saturated carbocycles. The van der Waals surface area contributed by atoms with Crippen LogP contribution in [0.4, 0.5) is 0 Å². The van der Waals surface area contributed by atoms with Crippen molar-refractivity contribution in [1.82, 2.24) is 4.90 Å². The van der Waals surface area contributed by atoms with E-state index in [9.17, 15) is 0 Å². The van der Waals surface area contributed by atoms with Crippen molar-refractivity contribution in [2.45, 2.75) is 52.6 Å². The summed E-state index contributed by atoms with van der Waals surface area (Å²) in [5, 5.41) is 0. The summed E-state index contributed by atoms with van der Waals surface area (Å²) in [6.07, 6.45) is 11.0. The standard InChI is InChI=1S/C29H41N2OPS/c1-6-8-10-21(3)28(34-22(4)25-13-15-31(5)16-14-25)26-18-27(29(30)33-20-26)32-19-24-12-9-11-23(7-2)17-24/h7,9,11-12,17-18,25,33H,2,4,6,8,10,13-16,19-20,30H2,1,3,5H3/b28-21-. The highest BCUT2D eigenvalue weighted by Gasteiger charge is 2.23. The first-order valence-corrected chi connectivity index (χ1v) is 14.5. The van der Waals surface area contributed by atoms with Crippen molar-refractivity contribution in [3.8, 4) is 0 Å².